The van der Waals surface area contributed by atoms with Gasteiger partial charge in [-0.05, 0) is 37.9 Å². The molecule has 8 nitrogen and oxygen atoms in total. The molecule has 0 N–H and O–H groups in total. The van der Waals surface area contributed by atoms with Crippen molar-refractivity contribution in [2.45, 2.75) is 32.9 Å². The molecule has 1 unspecified atom stereocenters. The maximum Gasteiger partial charge on any atom is 0.237 e. The Kier molecular flexibility index (Phi) is 6.68. The lowest BCUT2D eigenvalue weighted by atomic mass is 9.67. The molecule has 206 valence electrons. The number of likely N-dealkylation sites (N-methyl/N-ethyl adjacent to an activating group) is 1. The summed E-state index contributed by atoms with van der Waals surface area (Å²) in [6.45, 7) is 5.88. The number of amides is 1. The van der Waals surface area contributed by atoms with Crippen LogP contribution in [0.15, 0.2) is 59.0 Å². The predicted octanol–water partition coefficient (Wildman–Crippen LogP) is 5.80. The number of benzene rings is 2. The number of rotatable bonds is 6. The molecule has 2 aromatic carbocycles. The molecule has 2 aromatic heterocycles. The SMILES string of the molecule is CN(C)CC(=O)N1Cc2nc(-c3cccc(C4C=CC=C(c5nc6cc(C=O)cc(C#N)c6o5)C4(C)C)c3)sc2C1. The number of aldehydes is 1. The zero-order valence-electron chi connectivity index (χ0n) is 23.3. The Morgan fingerprint density at radius 3 is 2.80 bits per heavy atom. The maximum absolute atomic E-state index is 12.5. The van der Waals surface area contributed by atoms with Crippen molar-refractivity contribution in [3.05, 3.63) is 87.8 Å². The first-order chi connectivity index (χ1) is 19.7. The van der Waals surface area contributed by atoms with E-state index in [0.717, 1.165) is 32.3 Å². The first kappa shape index (κ1) is 26.8. The van der Waals surface area contributed by atoms with Crippen molar-refractivity contribution in [3.8, 4) is 16.6 Å². The molecule has 0 bridgehead atoms. The number of thiazole rings is 1. The summed E-state index contributed by atoms with van der Waals surface area (Å²) in [5.41, 5.74) is 5.27. The summed E-state index contributed by atoms with van der Waals surface area (Å²) in [6, 6.07) is 13.7. The molecule has 0 radical (unpaired) electrons. The average Bonchev–Trinajstić information content (AvgIpc) is 3.65. The predicted molar refractivity (Wildman–Crippen MR) is 158 cm³/mol. The molecule has 6 rings (SSSR count). The maximum atomic E-state index is 12.5. The van der Waals surface area contributed by atoms with Gasteiger partial charge < -0.3 is 14.2 Å². The van der Waals surface area contributed by atoms with Crippen LogP contribution < -0.4 is 0 Å². The highest BCUT2D eigenvalue weighted by Gasteiger charge is 2.38. The third-order valence-electron chi connectivity index (χ3n) is 7.79. The van der Waals surface area contributed by atoms with Gasteiger partial charge >= 0.3 is 0 Å². The van der Waals surface area contributed by atoms with Gasteiger partial charge in [0.2, 0.25) is 11.8 Å². The number of nitriles is 1. The fraction of sp³-hybridized carbons (Fsp3) is 0.281. The zero-order valence-corrected chi connectivity index (χ0v) is 24.2. The molecule has 9 heteroatoms. The highest BCUT2D eigenvalue weighted by molar-refractivity contribution is 7.15. The smallest absolute Gasteiger partial charge is 0.237 e. The summed E-state index contributed by atoms with van der Waals surface area (Å²) >= 11 is 1.65. The second kappa shape index (κ2) is 10.2. The molecule has 1 amide bonds. The van der Waals surface area contributed by atoms with Crippen LogP contribution in [0.5, 0.6) is 0 Å². The van der Waals surface area contributed by atoms with Gasteiger partial charge in [0.25, 0.3) is 0 Å². The summed E-state index contributed by atoms with van der Waals surface area (Å²) < 4.78 is 6.13. The molecule has 0 spiro atoms. The van der Waals surface area contributed by atoms with E-state index in [2.05, 4.69) is 55.2 Å². The monoisotopic (exact) mass is 563 g/mol. The van der Waals surface area contributed by atoms with E-state index in [1.165, 1.54) is 6.07 Å². The highest BCUT2D eigenvalue weighted by atomic mass is 32.1. The summed E-state index contributed by atoms with van der Waals surface area (Å²) in [5, 5.41) is 10.5. The third kappa shape index (κ3) is 4.79. The van der Waals surface area contributed by atoms with Crippen molar-refractivity contribution in [2.24, 2.45) is 5.41 Å². The molecular weight excluding hydrogens is 534 g/mol. The summed E-state index contributed by atoms with van der Waals surface area (Å²) in [5.74, 6) is 0.593. The summed E-state index contributed by atoms with van der Waals surface area (Å²) in [6.07, 6.45) is 6.92. The van der Waals surface area contributed by atoms with Gasteiger partial charge in [0, 0.05) is 32.9 Å². The standard InChI is InChI=1S/C32H29N5O3S/c1-32(2)23(9-6-10-24(32)30-34-25-12-19(18-38)11-22(14-33)29(25)40-30)20-7-5-8-21(13-20)31-35-26-15-37(16-27(26)41-31)28(39)17-36(3)4/h5-13,18,23H,15-17H2,1-4H3. The number of aromatic nitrogens is 2. The second-order valence-corrected chi connectivity index (χ2v) is 12.4. The largest absolute Gasteiger partial charge is 0.435 e. The van der Waals surface area contributed by atoms with Gasteiger partial charge in [-0.15, -0.1) is 11.3 Å². The topological polar surface area (TPSA) is 103 Å². The Morgan fingerprint density at radius 2 is 2.07 bits per heavy atom. The van der Waals surface area contributed by atoms with Gasteiger partial charge in [-0.25, -0.2) is 9.97 Å². The average molecular weight is 564 g/mol. The van der Waals surface area contributed by atoms with Crippen molar-refractivity contribution in [3.63, 3.8) is 0 Å². The van der Waals surface area contributed by atoms with E-state index >= 15 is 0 Å². The fourth-order valence-corrected chi connectivity index (χ4v) is 6.74. The van der Waals surface area contributed by atoms with Gasteiger partial charge in [0.1, 0.15) is 22.9 Å². The van der Waals surface area contributed by atoms with Crippen LogP contribution in [0.1, 0.15) is 57.7 Å². The second-order valence-electron chi connectivity index (χ2n) is 11.3. The lowest BCUT2D eigenvalue weighted by Gasteiger charge is -2.36. The molecule has 1 aliphatic heterocycles. The number of oxazole rings is 1. The van der Waals surface area contributed by atoms with E-state index in [0.29, 0.717) is 48.5 Å². The normalized spacial score (nSPS) is 17.5. The van der Waals surface area contributed by atoms with Gasteiger partial charge in [-0.2, -0.15) is 5.26 Å². The lowest BCUT2D eigenvalue weighted by molar-refractivity contribution is -0.132. The van der Waals surface area contributed by atoms with E-state index < -0.39 is 0 Å². The highest BCUT2D eigenvalue weighted by Crippen LogP contribution is 2.50. The van der Waals surface area contributed by atoms with Crippen LogP contribution in [-0.4, -0.2) is 52.6 Å². The van der Waals surface area contributed by atoms with Gasteiger partial charge in [-0.3, -0.25) is 9.59 Å². The van der Waals surface area contributed by atoms with E-state index in [-0.39, 0.29) is 22.8 Å². The molecule has 3 heterocycles. The number of hydrogen-bond acceptors (Lipinski definition) is 8. The van der Waals surface area contributed by atoms with Crippen LogP contribution in [0.2, 0.25) is 0 Å². The Balaban J connectivity index is 1.28. The van der Waals surface area contributed by atoms with E-state index in [4.69, 9.17) is 9.40 Å². The van der Waals surface area contributed by atoms with Crippen molar-refractivity contribution >= 4 is 40.2 Å². The first-order valence-electron chi connectivity index (χ1n) is 13.4. The molecule has 41 heavy (non-hydrogen) atoms. The molecule has 2 aliphatic rings. The van der Waals surface area contributed by atoms with Crippen LogP contribution in [0.4, 0.5) is 0 Å². The van der Waals surface area contributed by atoms with Crippen molar-refractivity contribution < 1.29 is 14.0 Å². The van der Waals surface area contributed by atoms with Crippen LogP contribution in [0.3, 0.4) is 0 Å². The number of carbonyl (C=O) groups excluding carboxylic acids is 2. The molecular formula is C32H29N5O3S. The first-order valence-corrected chi connectivity index (χ1v) is 14.2. The van der Waals surface area contributed by atoms with Gasteiger partial charge in [-0.1, -0.05) is 50.3 Å². The molecule has 0 fully saturated rings. The number of allylic oxidation sites excluding steroid dienone is 4. The third-order valence-corrected chi connectivity index (χ3v) is 8.92. The van der Waals surface area contributed by atoms with E-state index in [1.54, 1.807) is 17.4 Å². The molecule has 4 aromatic rings. The Labute approximate surface area is 242 Å². The van der Waals surface area contributed by atoms with Crippen molar-refractivity contribution in [1.29, 1.82) is 5.26 Å². The van der Waals surface area contributed by atoms with Crippen molar-refractivity contribution in [2.75, 3.05) is 20.6 Å². The van der Waals surface area contributed by atoms with Crippen LogP contribution >= 0.6 is 11.3 Å². The van der Waals surface area contributed by atoms with Gasteiger partial charge in [0.05, 0.1) is 30.9 Å². The van der Waals surface area contributed by atoms with Crippen LogP contribution in [0, 0.1) is 16.7 Å². The Hall–Kier alpha value is -4.39. The number of hydrogen-bond donors (Lipinski definition) is 0. The molecule has 0 saturated heterocycles. The van der Waals surface area contributed by atoms with Crippen LogP contribution in [-0.2, 0) is 17.9 Å². The zero-order chi connectivity index (χ0) is 28.9. The Morgan fingerprint density at radius 1 is 1.24 bits per heavy atom. The minimum atomic E-state index is -0.382. The minimum absolute atomic E-state index is 0.0318. The van der Waals surface area contributed by atoms with Crippen LogP contribution in [0.25, 0.3) is 27.2 Å². The Bertz CT molecular complexity index is 1780. The number of fused-ring (bicyclic) bond motifs is 2. The quantitative estimate of drug-likeness (QED) is 0.273. The fourth-order valence-electron chi connectivity index (χ4n) is 5.66. The van der Waals surface area contributed by atoms with Gasteiger partial charge in [0.15, 0.2) is 5.58 Å². The van der Waals surface area contributed by atoms with Crippen molar-refractivity contribution in [1.82, 2.24) is 19.8 Å². The van der Waals surface area contributed by atoms with E-state index in [9.17, 15) is 14.9 Å². The van der Waals surface area contributed by atoms with E-state index in [1.807, 2.05) is 36.0 Å². The molecule has 1 atom stereocenters. The minimum Gasteiger partial charge on any atom is -0.435 e. The molecule has 0 saturated carbocycles. The summed E-state index contributed by atoms with van der Waals surface area (Å²) in [4.78, 5) is 38.4. The number of carbonyl (C=O) groups is 2. The lowest BCUT2D eigenvalue weighted by Crippen LogP contribution is -2.34. The summed E-state index contributed by atoms with van der Waals surface area (Å²) in [7, 11) is 3.80. The molecule has 1 aliphatic carbocycles. The number of nitrogens with zero attached hydrogens (tertiary/aromatic N) is 5.